The van der Waals surface area contributed by atoms with E-state index in [1.807, 2.05) is 6.34 Å². The molecule has 12 heavy (non-hydrogen) atoms. The SMILES string of the molecule is CCCCC1=C2NCC2N=CN1. The van der Waals surface area contributed by atoms with Crippen LogP contribution in [-0.2, 0) is 0 Å². The molecule has 2 heterocycles. The first-order valence-corrected chi connectivity index (χ1v) is 4.67. The van der Waals surface area contributed by atoms with Crippen LogP contribution in [0.5, 0.6) is 0 Å². The molecule has 0 amide bonds. The first-order chi connectivity index (χ1) is 5.92. The molecule has 0 saturated carbocycles. The molecular formula is C9H15N3. The number of nitrogens with one attached hydrogen (secondary N) is 2. The van der Waals surface area contributed by atoms with Gasteiger partial charge in [-0.25, -0.2) is 0 Å². The topological polar surface area (TPSA) is 36.4 Å². The van der Waals surface area contributed by atoms with Gasteiger partial charge in [0, 0.05) is 12.2 Å². The van der Waals surface area contributed by atoms with E-state index in [0.29, 0.717) is 6.04 Å². The zero-order valence-electron chi connectivity index (χ0n) is 7.43. The van der Waals surface area contributed by atoms with Crippen molar-refractivity contribution in [2.75, 3.05) is 6.54 Å². The Bertz CT molecular complexity index is 230. The van der Waals surface area contributed by atoms with Crippen LogP contribution in [0.4, 0.5) is 0 Å². The molecule has 0 bridgehead atoms. The van der Waals surface area contributed by atoms with E-state index in [1.165, 1.54) is 24.2 Å². The molecule has 2 rings (SSSR count). The summed E-state index contributed by atoms with van der Waals surface area (Å²) in [6.07, 6.45) is 5.50. The smallest absolute Gasteiger partial charge is 0.110 e. The first-order valence-electron chi connectivity index (χ1n) is 4.67. The Morgan fingerprint density at radius 3 is 3.25 bits per heavy atom. The maximum atomic E-state index is 4.30. The molecule has 0 aromatic carbocycles. The van der Waals surface area contributed by atoms with E-state index < -0.39 is 0 Å². The predicted octanol–water partition coefficient (Wildman–Crippen LogP) is 0.992. The van der Waals surface area contributed by atoms with Crippen LogP contribution in [0.1, 0.15) is 26.2 Å². The van der Waals surface area contributed by atoms with Gasteiger partial charge < -0.3 is 10.6 Å². The molecule has 0 aromatic rings. The van der Waals surface area contributed by atoms with Gasteiger partial charge in [0.15, 0.2) is 0 Å². The van der Waals surface area contributed by atoms with Gasteiger partial charge in [-0.3, -0.25) is 4.99 Å². The van der Waals surface area contributed by atoms with Crippen LogP contribution >= 0.6 is 0 Å². The Balaban J connectivity index is 1.98. The van der Waals surface area contributed by atoms with Gasteiger partial charge in [0.05, 0.1) is 12.0 Å². The fourth-order valence-corrected chi connectivity index (χ4v) is 1.57. The molecule has 2 aliphatic heterocycles. The molecule has 1 atom stereocenters. The zero-order chi connectivity index (χ0) is 8.39. The van der Waals surface area contributed by atoms with Gasteiger partial charge in [-0.15, -0.1) is 0 Å². The molecule has 1 unspecified atom stereocenters. The van der Waals surface area contributed by atoms with E-state index in [0.717, 1.165) is 13.0 Å². The summed E-state index contributed by atoms with van der Waals surface area (Å²) in [4.78, 5) is 4.30. The number of fused-ring (bicyclic) bond motifs is 1. The molecule has 2 aliphatic rings. The fraction of sp³-hybridized carbons (Fsp3) is 0.667. The number of aliphatic imine (C=N–C) groups is 1. The molecule has 2 N–H and O–H groups in total. The summed E-state index contributed by atoms with van der Waals surface area (Å²) in [6.45, 7) is 3.23. The Morgan fingerprint density at radius 1 is 1.67 bits per heavy atom. The maximum absolute atomic E-state index is 4.30. The molecule has 0 aromatic heterocycles. The number of allylic oxidation sites excluding steroid dienone is 1. The highest BCUT2D eigenvalue weighted by molar-refractivity contribution is 5.62. The van der Waals surface area contributed by atoms with Crippen molar-refractivity contribution in [2.24, 2.45) is 4.99 Å². The Morgan fingerprint density at radius 2 is 2.58 bits per heavy atom. The summed E-state index contributed by atoms with van der Waals surface area (Å²) < 4.78 is 0. The average molecular weight is 165 g/mol. The van der Waals surface area contributed by atoms with E-state index in [1.54, 1.807) is 0 Å². The minimum atomic E-state index is 0.443. The Kier molecular flexibility index (Phi) is 2.02. The molecule has 3 nitrogen and oxygen atoms in total. The van der Waals surface area contributed by atoms with Crippen LogP contribution in [0.2, 0.25) is 0 Å². The van der Waals surface area contributed by atoms with E-state index in [-0.39, 0.29) is 0 Å². The molecule has 1 fully saturated rings. The van der Waals surface area contributed by atoms with Gasteiger partial charge in [-0.05, 0) is 12.8 Å². The van der Waals surface area contributed by atoms with Gasteiger partial charge in [0.2, 0.25) is 0 Å². The van der Waals surface area contributed by atoms with Crippen molar-refractivity contribution in [3.63, 3.8) is 0 Å². The zero-order valence-corrected chi connectivity index (χ0v) is 7.43. The van der Waals surface area contributed by atoms with Gasteiger partial charge in [-0.1, -0.05) is 13.3 Å². The largest absolute Gasteiger partial charge is 0.383 e. The normalized spacial score (nSPS) is 25.6. The second kappa shape index (κ2) is 3.17. The van der Waals surface area contributed by atoms with Crippen molar-refractivity contribution in [3.8, 4) is 0 Å². The molecule has 0 radical (unpaired) electrons. The molecule has 3 heteroatoms. The van der Waals surface area contributed by atoms with Crippen LogP contribution < -0.4 is 10.6 Å². The fourth-order valence-electron chi connectivity index (χ4n) is 1.57. The maximum Gasteiger partial charge on any atom is 0.110 e. The third-order valence-electron chi connectivity index (χ3n) is 2.42. The van der Waals surface area contributed by atoms with Crippen molar-refractivity contribution in [2.45, 2.75) is 32.2 Å². The van der Waals surface area contributed by atoms with Crippen LogP contribution in [0.25, 0.3) is 0 Å². The number of rotatable bonds is 3. The lowest BCUT2D eigenvalue weighted by Gasteiger charge is -2.34. The highest BCUT2D eigenvalue weighted by Crippen LogP contribution is 2.21. The lowest BCUT2D eigenvalue weighted by molar-refractivity contribution is 0.510. The van der Waals surface area contributed by atoms with Gasteiger partial charge in [0.25, 0.3) is 0 Å². The highest BCUT2D eigenvalue weighted by Gasteiger charge is 2.27. The van der Waals surface area contributed by atoms with Gasteiger partial charge >= 0.3 is 0 Å². The summed E-state index contributed by atoms with van der Waals surface area (Å²) >= 11 is 0. The molecule has 1 saturated heterocycles. The average Bonchev–Trinajstić information content (AvgIpc) is 2.04. The van der Waals surface area contributed by atoms with Gasteiger partial charge in [0.1, 0.15) is 6.04 Å². The minimum Gasteiger partial charge on any atom is -0.383 e. The quantitative estimate of drug-likeness (QED) is 0.654. The third-order valence-corrected chi connectivity index (χ3v) is 2.42. The predicted molar refractivity (Wildman–Crippen MR) is 50.0 cm³/mol. The van der Waals surface area contributed by atoms with Crippen molar-refractivity contribution < 1.29 is 0 Å². The number of nitrogens with zero attached hydrogens (tertiary/aromatic N) is 1. The summed E-state index contributed by atoms with van der Waals surface area (Å²) in [5, 5.41) is 6.52. The third kappa shape index (κ3) is 1.19. The molecular weight excluding hydrogens is 150 g/mol. The first kappa shape index (κ1) is 7.65. The molecule has 0 aliphatic carbocycles. The molecule has 0 spiro atoms. The van der Waals surface area contributed by atoms with Crippen LogP contribution in [0, 0.1) is 0 Å². The number of unbranched alkanes of at least 4 members (excludes halogenated alkanes) is 1. The van der Waals surface area contributed by atoms with Crippen molar-refractivity contribution in [1.29, 1.82) is 0 Å². The molecule has 66 valence electrons. The lowest BCUT2D eigenvalue weighted by atomic mass is 10.0. The van der Waals surface area contributed by atoms with Crippen LogP contribution in [0.15, 0.2) is 16.4 Å². The van der Waals surface area contributed by atoms with Crippen molar-refractivity contribution in [1.82, 2.24) is 10.6 Å². The van der Waals surface area contributed by atoms with Crippen LogP contribution in [0.3, 0.4) is 0 Å². The summed E-state index contributed by atoms with van der Waals surface area (Å²) in [5.41, 5.74) is 2.68. The van der Waals surface area contributed by atoms with E-state index >= 15 is 0 Å². The number of hydrogen-bond donors (Lipinski definition) is 2. The van der Waals surface area contributed by atoms with Crippen LogP contribution in [-0.4, -0.2) is 18.9 Å². The van der Waals surface area contributed by atoms with E-state index in [4.69, 9.17) is 0 Å². The Labute approximate surface area is 73.0 Å². The van der Waals surface area contributed by atoms with E-state index in [9.17, 15) is 0 Å². The van der Waals surface area contributed by atoms with Crippen molar-refractivity contribution >= 4 is 6.34 Å². The van der Waals surface area contributed by atoms with E-state index in [2.05, 4.69) is 22.5 Å². The van der Waals surface area contributed by atoms with Crippen molar-refractivity contribution in [3.05, 3.63) is 11.4 Å². The number of hydrogen-bond acceptors (Lipinski definition) is 3. The standard InChI is InChI=1S/C9H15N3/c1-2-3-4-7-9-8(5-10-9)12-6-11-7/h6,8,10H,2-5H2,1H3,(H,11,12). The summed E-state index contributed by atoms with van der Waals surface area (Å²) in [6, 6.07) is 0.443. The van der Waals surface area contributed by atoms with Gasteiger partial charge in [-0.2, -0.15) is 0 Å². The lowest BCUT2D eigenvalue weighted by Crippen LogP contribution is -2.48. The second-order valence-electron chi connectivity index (χ2n) is 3.31. The second-order valence-corrected chi connectivity index (χ2v) is 3.31. The minimum absolute atomic E-state index is 0.443. The highest BCUT2D eigenvalue weighted by atomic mass is 15.1. The monoisotopic (exact) mass is 165 g/mol. The summed E-state index contributed by atoms with van der Waals surface area (Å²) in [5.74, 6) is 0. The Hall–Kier alpha value is -0.990. The summed E-state index contributed by atoms with van der Waals surface area (Å²) in [7, 11) is 0.